The lowest BCUT2D eigenvalue weighted by molar-refractivity contribution is 0.321. The summed E-state index contributed by atoms with van der Waals surface area (Å²) in [7, 11) is -3.60. The minimum atomic E-state index is -3.60. The van der Waals surface area contributed by atoms with E-state index in [9.17, 15) is 8.42 Å². The van der Waals surface area contributed by atoms with Crippen molar-refractivity contribution in [1.82, 2.24) is 4.31 Å². The molecule has 3 aromatic rings. The first-order valence-corrected chi connectivity index (χ1v) is 12.3. The van der Waals surface area contributed by atoms with Crippen molar-refractivity contribution >= 4 is 26.5 Å². The van der Waals surface area contributed by atoms with Gasteiger partial charge in [-0.05, 0) is 43.5 Å². The van der Waals surface area contributed by atoms with Crippen LogP contribution in [0.1, 0.15) is 24.5 Å². The number of nitrogens with zero attached hydrogens (tertiary/aromatic N) is 2. The van der Waals surface area contributed by atoms with Gasteiger partial charge in [-0.15, -0.1) is 0 Å². The Hall–Kier alpha value is -2.57. The summed E-state index contributed by atoms with van der Waals surface area (Å²) in [4.78, 5) is 2.66. The largest absolute Gasteiger partial charge is 0.493 e. The molecule has 3 aromatic carbocycles. The molecule has 6 heteroatoms. The van der Waals surface area contributed by atoms with Gasteiger partial charge >= 0.3 is 0 Å². The van der Waals surface area contributed by atoms with Crippen molar-refractivity contribution in [3.05, 3.63) is 65.7 Å². The molecule has 1 aliphatic heterocycles. The lowest BCUT2D eigenvalue weighted by Crippen LogP contribution is -2.49. The molecule has 1 saturated heterocycles. The van der Waals surface area contributed by atoms with E-state index in [4.69, 9.17) is 4.74 Å². The smallest absolute Gasteiger partial charge is 0.243 e. The molecule has 0 unspecified atom stereocenters. The summed E-state index contributed by atoms with van der Waals surface area (Å²) in [6.45, 7) is 9.19. The number of benzene rings is 3. The normalized spacial score (nSPS) is 15.4. The minimum absolute atomic E-state index is 0.354. The lowest BCUT2D eigenvalue weighted by atomic mass is 10.1. The number of para-hydroxylation sites is 1. The predicted molar refractivity (Wildman–Crippen MR) is 127 cm³/mol. The van der Waals surface area contributed by atoms with Crippen molar-refractivity contribution in [1.29, 1.82) is 0 Å². The average Bonchev–Trinajstić information content (AvgIpc) is 2.77. The number of anilines is 1. The molecule has 5 nitrogen and oxygen atoms in total. The topological polar surface area (TPSA) is 49.9 Å². The molecule has 1 heterocycles. The molecule has 4 rings (SSSR count). The Kier molecular flexibility index (Phi) is 6.21. The molecule has 0 amide bonds. The molecule has 0 radical (unpaired) electrons. The van der Waals surface area contributed by atoms with E-state index in [1.54, 1.807) is 16.4 Å². The number of piperazine rings is 1. The number of sulfonamides is 1. The fraction of sp³-hybridized carbons (Fsp3) is 0.360. The average molecular weight is 439 g/mol. The molecular formula is C25H30N2O3S. The third-order valence-corrected chi connectivity index (χ3v) is 7.87. The van der Waals surface area contributed by atoms with Gasteiger partial charge in [0.05, 0.1) is 11.5 Å². The van der Waals surface area contributed by atoms with Crippen molar-refractivity contribution in [2.75, 3.05) is 37.7 Å². The number of aryl methyl sites for hydroxylation is 2. The fourth-order valence-corrected chi connectivity index (χ4v) is 6.02. The van der Waals surface area contributed by atoms with Gasteiger partial charge in [0.25, 0.3) is 0 Å². The van der Waals surface area contributed by atoms with Gasteiger partial charge in [-0.3, -0.25) is 0 Å². The lowest BCUT2D eigenvalue weighted by Gasteiger charge is -2.37. The van der Waals surface area contributed by atoms with Crippen LogP contribution in [0.5, 0.6) is 5.75 Å². The molecule has 0 N–H and O–H groups in total. The highest BCUT2D eigenvalue weighted by Gasteiger charge is 2.31. The second-order valence-electron chi connectivity index (χ2n) is 8.09. The van der Waals surface area contributed by atoms with Crippen molar-refractivity contribution in [3.63, 3.8) is 0 Å². The van der Waals surface area contributed by atoms with E-state index in [1.165, 1.54) is 16.8 Å². The van der Waals surface area contributed by atoms with Crippen LogP contribution in [-0.4, -0.2) is 45.5 Å². The van der Waals surface area contributed by atoms with E-state index in [0.29, 0.717) is 43.1 Å². The van der Waals surface area contributed by atoms with Crippen LogP contribution in [0.3, 0.4) is 0 Å². The third kappa shape index (κ3) is 4.14. The number of hydrogen-bond donors (Lipinski definition) is 0. The van der Waals surface area contributed by atoms with Crippen LogP contribution >= 0.6 is 0 Å². The number of hydrogen-bond acceptors (Lipinski definition) is 4. The van der Waals surface area contributed by atoms with Crippen molar-refractivity contribution in [2.24, 2.45) is 0 Å². The summed E-state index contributed by atoms with van der Waals surface area (Å²) in [5, 5.41) is 1.56. The van der Waals surface area contributed by atoms with Crippen LogP contribution < -0.4 is 9.64 Å². The molecule has 31 heavy (non-hydrogen) atoms. The summed E-state index contributed by atoms with van der Waals surface area (Å²) in [6, 6.07) is 17.4. The predicted octanol–water partition coefficient (Wildman–Crippen LogP) is 4.76. The van der Waals surface area contributed by atoms with Crippen molar-refractivity contribution < 1.29 is 13.2 Å². The zero-order chi connectivity index (χ0) is 22.0. The summed E-state index contributed by atoms with van der Waals surface area (Å²) in [6.07, 6.45) is 0.902. The maximum Gasteiger partial charge on any atom is 0.243 e. The minimum Gasteiger partial charge on any atom is -0.493 e. The van der Waals surface area contributed by atoms with E-state index in [2.05, 4.69) is 43.9 Å². The Balaban J connectivity index is 1.61. The first-order valence-electron chi connectivity index (χ1n) is 10.9. The fourth-order valence-electron chi connectivity index (χ4n) is 4.40. The Labute approximate surface area is 185 Å². The first kappa shape index (κ1) is 21.7. The van der Waals surface area contributed by atoms with Gasteiger partial charge in [0.2, 0.25) is 10.0 Å². The van der Waals surface area contributed by atoms with E-state index < -0.39 is 10.0 Å². The van der Waals surface area contributed by atoms with Crippen LogP contribution in [0, 0.1) is 13.8 Å². The van der Waals surface area contributed by atoms with Gasteiger partial charge in [-0.2, -0.15) is 4.31 Å². The molecule has 164 valence electrons. The quantitative estimate of drug-likeness (QED) is 0.557. The molecule has 1 aliphatic rings. The molecule has 0 atom stereocenters. The van der Waals surface area contributed by atoms with Gasteiger partial charge in [0.15, 0.2) is 0 Å². The summed E-state index contributed by atoms with van der Waals surface area (Å²) < 4.78 is 34.6. The maximum absolute atomic E-state index is 13.6. The Morgan fingerprint density at radius 1 is 0.839 bits per heavy atom. The van der Waals surface area contributed by atoms with E-state index >= 15 is 0 Å². The van der Waals surface area contributed by atoms with E-state index in [1.807, 2.05) is 24.3 Å². The monoisotopic (exact) mass is 438 g/mol. The number of rotatable bonds is 6. The van der Waals surface area contributed by atoms with E-state index in [-0.39, 0.29) is 0 Å². The summed E-state index contributed by atoms with van der Waals surface area (Å²) in [5.74, 6) is 0.733. The van der Waals surface area contributed by atoms with Crippen molar-refractivity contribution in [2.45, 2.75) is 32.1 Å². The van der Waals surface area contributed by atoms with Gasteiger partial charge in [0.1, 0.15) is 5.75 Å². The van der Waals surface area contributed by atoms with E-state index in [0.717, 1.165) is 17.6 Å². The molecule has 0 spiro atoms. The third-order valence-electron chi connectivity index (χ3n) is 5.92. The molecule has 1 fully saturated rings. The Bertz CT molecular complexity index is 1160. The Morgan fingerprint density at radius 3 is 2.13 bits per heavy atom. The molecule has 0 aromatic heterocycles. The van der Waals surface area contributed by atoms with Crippen LogP contribution in [0.15, 0.2) is 59.5 Å². The highest BCUT2D eigenvalue weighted by Crippen LogP contribution is 2.33. The summed E-state index contributed by atoms with van der Waals surface area (Å²) in [5.41, 5.74) is 3.68. The standard InChI is InChI=1S/C25H30N2O3S/c1-4-18-30-23-12-13-24(22-11-6-5-10-21(22)23)31(28,29)27-16-14-26(15-17-27)25-19(2)8-7-9-20(25)3/h5-13H,4,14-18H2,1-3H3. The summed E-state index contributed by atoms with van der Waals surface area (Å²) >= 11 is 0. The first-order chi connectivity index (χ1) is 14.9. The SMILES string of the molecule is CCCOc1ccc(S(=O)(=O)N2CCN(c3c(C)cccc3C)CC2)c2ccccc12. The molecular weight excluding hydrogens is 408 g/mol. The maximum atomic E-state index is 13.6. The molecule has 0 aliphatic carbocycles. The zero-order valence-corrected chi connectivity index (χ0v) is 19.3. The number of fused-ring (bicyclic) bond motifs is 1. The molecule has 0 saturated carbocycles. The van der Waals surface area contributed by atoms with Gasteiger partial charge in [-0.25, -0.2) is 8.42 Å². The highest BCUT2D eigenvalue weighted by atomic mass is 32.2. The second kappa shape index (κ2) is 8.89. The van der Waals surface area contributed by atoms with Gasteiger partial charge in [0, 0.05) is 42.6 Å². The van der Waals surface area contributed by atoms with Crippen LogP contribution in [0.2, 0.25) is 0 Å². The highest BCUT2D eigenvalue weighted by molar-refractivity contribution is 7.89. The van der Waals surface area contributed by atoms with Crippen LogP contribution in [0.25, 0.3) is 10.8 Å². The second-order valence-corrected chi connectivity index (χ2v) is 9.99. The van der Waals surface area contributed by atoms with Crippen LogP contribution in [0.4, 0.5) is 5.69 Å². The zero-order valence-electron chi connectivity index (χ0n) is 18.5. The molecule has 0 bridgehead atoms. The van der Waals surface area contributed by atoms with Crippen LogP contribution in [-0.2, 0) is 10.0 Å². The number of ether oxygens (including phenoxy) is 1. The Morgan fingerprint density at radius 2 is 1.48 bits per heavy atom. The van der Waals surface area contributed by atoms with Gasteiger partial charge < -0.3 is 9.64 Å². The van der Waals surface area contributed by atoms with Crippen molar-refractivity contribution in [3.8, 4) is 5.75 Å². The van der Waals surface area contributed by atoms with Gasteiger partial charge in [-0.1, -0.05) is 49.4 Å².